The molecule has 1 aliphatic heterocycles. The monoisotopic (exact) mass is 381 g/mol. The molecule has 3 aromatic rings. The first-order valence-corrected chi connectivity index (χ1v) is 9.43. The van der Waals surface area contributed by atoms with Gasteiger partial charge in [0.15, 0.2) is 0 Å². The highest BCUT2D eigenvalue weighted by Crippen LogP contribution is 2.49. The molecule has 0 fully saturated rings. The van der Waals surface area contributed by atoms with E-state index in [0.717, 1.165) is 41.8 Å². The zero-order valence-corrected chi connectivity index (χ0v) is 16.2. The number of rotatable bonds is 7. The number of hydrogen-bond donors (Lipinski definition) is 1. The van der Waals surface area contributed by atoms with E-state index in [1.165, 1.54) is 0 Å². The van der Waals surface area contributed by atoms with Crippen LogP contribution in [0.15, 0.2) is 30.3 Å². The van der Waals surface area contributed by atoms with Gasteiger partial charge in [-0.2, -0.15) is 5.10 Å². The number of likely N-dealkylation sites (N-methyl/N-ethyl adjacent to an activating group) is 1. The van der Waals surface area contributed by atoms with E-state index in [1.807, 2.05) is 22.9 Å². The van der Waals surface area contributed by atoms with Crippen molar-refractivity contribution in [2.75, 3.05) is 32.1 Å². The average Bonchev–Trinajstić information content (AvgIpc) is 3.08. The maximum atomic E-state index is 11.6. The Labute approximate surface area is 162 Å². The molecule has 4 rings (SSSR count). The first-order chi connectivity index (χ1) is 13.6. The van der Waals surface area contributed by atoms with Crippen molar-refractivity contribution in [3.8, 4) is 17.0 Å². The van der Waals surface area contributed by atoms with Gasteiger partial charge in [-0.3, -0.25) is 14.8 Å². The molecule has 0 bridgehead atoms. The van der Waals surface area contributed by atoms with E-state index in [2.05, 4.69) is 24.1 Å². The van der Waals surface area contributed by atoms with E-state index in [9.17, 15) is 10.1 Å². The highest BCUT2D eigenvalue weighted by molar-refractivity contribution is 6.12. The number of hydrogen-bond acceptors (Lipinski definition) is 6. The lowest BCUT2D eigenvalue weighted by Crippen LogP contribution is -2.27. The van der Waals surface area contributed by atoms with Crippen LogP contribution in [0.25, 0.3) is 22.2 Å². The molecule has 0 radical (unpaired) electrons. The number of nitrogens with zero attached hydrogens (tertiary/aromatic N) is 4. The fraction of sp³-hybridized carbons (Fsp3) is 0.350. The van der Waals surface area contributed by atoms with Gasteiger partial charge in [0.1, 0.15) is 17.1 Å². The van der Waals surface area contributed by atoms with Crippen LogP contribution in [0.1, 0.15) is 13.8 Å². The summed E-state index contributed by atoms with van der Waals surface area (Å²) in [6.07, 6.45) is 0. The highest BCUT2D eigenvalue weighted by Gasteiger charge is 2.30. The molecule has 2 aromatic carbocycles. The smallest absolute Gasteiger partial charge is 0.293 e. The summed E-state index contributed by atoms with van der Waals surface area (Å²) in [4.78, 5) is 13.6. The quantitative estimate of drug-likeness (QED) is 0.384. The van der Waals surface area contributed by atoms with Crippen molar-refractivity contribution in [1.29, 1.82) is 0 Å². The summed E-state index contributed by atoms with van der Waals surface area (Å²) in [5.41, 5.74) is 3.75. The molecule has 2 heterocycles. The molecule has 28 heavy (non-hydrogen) atoms. The third kappa shape index (κ3) is 2.77. The van der Waals surface area contributed by atoms with Crippen LogP contribution in [0.3, 0.4) is 0 Å². The molecule has 1 aliphatic rings. The molecule has 0 saturated carbocycles. The van der Waals surface area contributed by atoms with Gasteiger partial charge in [-0.25, -0.2) is 0 Å². The van der Waals surface area contributed by atoms with Gasteiger partial charge in [0.05, 0.1) is 35.2 Å². The molecule has 1 aromatic heterocycles. The molecule has 8 nitrogen and oxygen atoms in total. The van der Waals surface area contributed by atoms with Gasteiger partial charge in [-0.1, -0.05) is 26.0 Å². The average molecular weight is 381 g/mol. The van der Waals surface area contributed by atoms with Gasteiger partial charge in [0, 0.05) is 18.2 Å². The number of fused-ring (bicyclic) bond motifs is 2. The molecule has 0 saturated heterocycles. The number of para-hydroxylation sites is 1. The Balaban J connectivity index is 1.91. The predicted molar refractivity (Wildman–Crippen MR) is 109 cm³/mol. The lowest BCUT2D eigenvalue weighted by molar-refractivity contribution is -0.383. The van der Waals surface area contributed by atoms with Gasteiger partial charge in [0.25, 0.3) is 5.69 Å². The number of anilines is 2. The lowest BCUT2D eigenvalue weighted by atomic mass is 9.99. The minimum atomic E-state index is -0.362. The SMILES string of the molecule is CCN(CC)CCn1nc2c3c(c([N+](=O)[O-])ccc31)Nc1c(OC)cccc1-2. The van der Waals surface area contributed by atoms with E-state index < -0.39 is 0 Å². The molecule has 0 aliphatic carbocycles. The van der Waals surface area contributed by atoms with Crippen LogP contribution in [-0.2, 0) is 6.54 Å². The van der Waals surface area contributed by atoms with Crippen LogP contribution < -0.4 is 10.1 Å². The van der Waals surface area contributed by atoms with Gasteiger partial charge < -0.3 is 15.0 Å². The summed E-state index contributed by atoms with van der Waals surface area (Å²) in [6, 6.07) is 9.04. The zero-order valence-electron chi connectivity index (χ0n) is 16.2. The maximum Gasteiger partial charge on any atom is 0.293 e. The molecular weight excluding hydrogens is 358 g/mol. The first kappa shape index (κ1) is 18.2. The van der Waals surface area contributed by atoms with Crippen LogP contribution in [0.5, 0.6) is 5.75 Å². The predicted octanol–water partition coefficient (Wildman–Crippen LogP) is 4.02. The van der Waals surface area contributed by atoms with Crippen LogP contribution in [0, 0.1) is 10.1 Å². The van der Waals surface area contributed by atoms with Gasteiger partial charge >= 0.3 is 0 Å². The van der Waals surface area contributed by atoms with Crippen molar-refractivity contribution < 1.29 is 9.66 Å². The maximum absolute atomic E-state index is 11.6. The standard InChI is InChI=1S/C20H23N5O3/c1-4-23(5-2)11-12-24-14-9-10-15(25(26)27)20-17(14)19(22-24)13-7-6-8-16(28-3)18(13)21-20/h6-10,21H,4-5,11-12H2,1-3H3. The van der Waals surface area contributed by atoms with Gasteiger partial charge in [-0.15, -0.1) is 0 Å². The van der Waals surface area contributed by atoms with E-state index in [0.29, 0.717) is 23.7 Å². The number of benzene rings is 2. The first-order valence-electron chi connectivity index (χ1n) is 9.43. The highest BCUT2D eigenvalue weighted by atomic mass is 16.6. The Morgan fingerprint density at radius 3 is 2.68 bits per heavy atom. The largest absolute Gasteiger partial charge is 0.495 e. The minimum absolute atomic E-state index is 0.0357. The number of nitrogens with one attached hydrogen (secondary N) is 1. The van der Waals surface area contributed by atoms with Crippen molar-refractivity contribution in [2.45, 2.75) is 20.4 Å². The number of nitro groups is 1. The summed E-state index contributed by atoms with van der Waals surface area (Å²) < 4.78 is 7.42. The normalized spacial score (nSPS) is 12.1. The van der Waals surface area contributed by atoms with E-state index in [-0.39, 0.29) is 10.6 Å². The van der Waals surface area contributed by atoms with Crippen molar-refractivity contribution in [3.05, 3.63) is 40.4 Å². The molecule has 8 heteroatoms. The second kappa shape index (κ2) is 7.12. The van der Waals surface area contributed by atoms with Crippen molar-refractivity contribution >= 4 is 28.0 Å². The van der Waals surface area contributed by atoms with Crippen molar-refractivity contribution in [1.82, 2.24) is 14.7 Å². The third-order valence-corrected chi connectivity index (χ3v) is 5.37. The van der Waals surface area contributed by atoms with Crippen LogP contribution in [-0.4, -0.2) is 46.3 Å². The topological polar surface area (TPSA) is 85.5 Å². The number of methoxy groups -OCH3 is 1. The van der Waals surface area contributed by atoms with Crippen molar-refractivity contribution in [3.63, 3.8) is 0 Å². The van der Waals surface area contributed by atoms with Crippen LogP contribution in [0.4, 0.5) is 17.1 Å². The van der Waals surface area contributed by atoms with Crippen LogP contribution >= 0.6 is 0 Å². The number of aromatic nitrogens is 2. The third-order valence-electron chi connectivity index (χ3n) is 5.37. The molecule has 0 amide bonds. The second-order valence-corrected chi connectivity index (χ2v) is 6.72. The molecule has 146 valence electrons. The van der Waals surface area contributed by atoms with Crippen LogP contribution in [0.2, 0.25) is 0 Å². The summed E-state index contributed by atoms with van der Waals surface area (Å²) in [7, 11) is 1.59. The van der Waals surface area contributed by atoms with Crippen molar-refractivity contribution in [2.24, 2.45) is 0 Å². The Bertz CT molecular complexity index is 1060. The Morgan fingerprint density at radius 2 is 2.00 bits per heavy atom. The van der Waals surface area contributed by atoms with Gasteiger partial charge in [-0.05, 0) is 25.2 Å². The summed E-state index contributed by atoms with van der Waals surface area (Å²) in [5, 5.41) is 20.5. The van der Waals surface area contributed by atoms with E-state index >= 15 is 0 Å². The lowest BCUT2D eigenvalue weighted by Gasteiger charge is -2.20. The summed E-state index contributed by atoms with van der Waals surface area (Å²) >= 11 is 0. The molecular formula is C20H23N5O3. The van der Waals surface area contributed by atoms with E-state index in [4.69, 9.17) is 9.84 Å². The fourth-order valence-corrected chi connectivity index (χ4v) is 3.83. The number of nitro benzene ring substituents is 1. The Morgan fingerprint density at radius 1 is 1.21 bits per heavy atom. The van der Waals surface area contributed by atoms with E-state index in [1.54, 1.807) is 19.2 Å². The molecule has 0 unspecified atom stereocenters. The summed E-state index contributed by atoms with van der Waals surface area (Å²) in [5.74, 6) is 0.632. The Hall–Kier alpha value is -3.13. The molecule has 0 spiro atoms. The second-order valence-electron chi connectivity index (χ2n) is 6.72. The molecule has 0 atom stereocenters. The fourth-order valence-electron chi connectivity index (χ4n) is 3.83. The molecule has 1 N–H and O–H groups in total. The Kier molecular flexibility index (Phi) is 4.64. The minimum Gasteiger partial charge on any atom is -0.495 e. The zero-order chi connectivity index (χ0) is 19.8. The number of ether oxygens (including phenoxy) is 1. The summed E-state index contributed by atoms with van der Waals surface area (Å²) in [6.45, 7) is 7.81. The van der Waals surface area contributed by atoms with Gasteiger partial charge in [0.2, 0.25) is 0 Å².